The Morgan fingerprint density at radius 3 is 2.59 bits per heavy atom. The lowest BCUT2D eigenvalue weighted by molar-refractivity contribution is -0.142. The second-order valence-electron chi connectivity index (χ2n) is 14.7. The molecule has 1 aromatic carbocycles. The number of aromatic nitrogens is 1. The van der Waals surface area contributed by atoms with Gasteiger partial charge in [0.1, 0.15) is 35.3 Å². The summed E-state index contributed by atoms with van der Waals surface area (Å²) in [5.74, 6) is -3.37. The van der Waals surface area contributed by atoms with Crippen LogP contribution in [0.1, 0.15) is 65.7 Å². The molecule has 4 N–H and O–H groups in total. The van der Waals surface area contributed by atoms with E-state index in [2.05, 4.69) is 20.3 Å². The van der Waals surface area contributed by atoms with Crippen LogP contribution in [-0.4, -0.2) is 89.4 Å². The highest BCUT2D eigenvalue weighted by Crippen LogP contribution is 2.47. The summed E-state index contributed by atoms with van der Waals surface area (Å²) in [6.07, 6.45) is 5.66. The number of sulfonamides is 1. The lowest BCUT2D eigenvalue weighted by Crippen LogP contribution is -2.59. The highest BCUT2D eigenvalue weighted by Gasteiger charge is 2.63. The van der Waals surface area contributed by atoms with E-state index in [0.29, 0.717) is 42.9 Å². The third-order valence-corrected chi connectivity index (χ3v) is 13.0. The van der Waals surface area contributed by atoms with Gasteiger partial charge in [0, 0.05) is 30.0 Å². The zero-order valence-electron chi connectivity index (χ0n) is 29.0. The number of carboxylic acid groups (broad SMARTS) is 1. The maximum Gasteiger partial charge on any atom is 0.405 e. The molecule has 1 aromatic heterocycles. The van der Waals surface area contributed by atoms with Crippen LogP contribution in [-0.2, 0) is 24.4 Å². The SMILES string of the molecule is COc1cc(F)cc2c(O[C@@H]3C[C@H]4C(=O)NC5(C(=O)NS(=O)(=O)C6(C)CC6)CC5/C=C\CC[C@@H](C)C[C@@H](C)[C@H](NC(=O)O)C(=O)N4C3)nccc12. The summed E-state index contributed by atoms with van der Waals surface area (Å²) in [4.78, 5) is 59.8. The summed E-state index contributed by atoms with van der Waals surface area (Å²) in [6, 6.07) is 1.66. The van der Waals surface area contributed by atoms with E-state index in [-0.39, 0.29) is 36.9 Å². The average Bonchev–Trinajstić information content (AvgIpc) is 3.95. The number of halogens is 1. The number of nitrogens with one attached hydrogen (secondary N) is 3. The highest BCUT2D eigenvalue weighted by molar-refractivity contribution is 7.91. The molecule has 2 aromatic rings. The van der Waals surface area contributed by atoms with Crippen molar-refractivity contribution >= 4 is 44.6 Å². The van der Waals surface area contributed by atoms with E-state index in [0.717, 1.165) is 0 Å². The van der Waals surface area contributed by atoms with Crippen LogP contribution in [0.4, 0.5) is 9.18 Å². The van der Waals surface area contributed by atoms with Crippen LogP contribution >= 0.6 is 0 Å². The molecule has 2 saturated carbocycles. The fourth-order valence-electron chi connectivity index (χ4n) is 7.34. The third kappa shape index (κ3) is 7.19. The van der Waals surface area contributed by atoms with E-state index in [1.54, 1.807) is 19.9 Å². The molecule has 6 rings (SSSR count). The minimum Gasteiger partial charge on any atom is -0.496 e. The van der Waals surface area contributed by atoms with E-state index in [4.69, 9.17) is 9.47 Å². The number of hydrogen-bond acceptors (Lipinski definition) is 9. The molecule has 2 aliphatic carbocycles. The Hall–Kier alpha value is -4.47. The van der Waals surface area contributed by atoms with Gasteiger partial charge in [-0.05, 0) is 69.4 Å². The average molecular weight is 730 g/mol. The minimum absolute atomic E-state index is 0.0373. The van der Waals surface area contributed by atoms with Crippen molar-refractivity contribution in [3.05, 3.63) is 42.4 Å². The lowest BCUT2D eigenvalue weighted by Gasteiger charge is -2.32. The molecular formula is C35H44FN5O9S. The highest BCUT2D eigenvalue weighted by atomic mass is 32.2. The predicted octanol–water partition coefficient (Wildman–Crippen LogP) is 3.25. The quantitative estimate of drug-likeness (QED) is 0.308. The number of ether oxygens (including phenoxy) is 2. The van der Waals surface area contributed by atoms with Crippen molar-refractivity contribution in [3.63, 3.8) is 0 Å². The summed E-state index contributed by atoms with van der Waals surface area (Å²) in [6.45, 7) is 5.18. The van der Waals surface area contributed by atoms with Gasteiger partial charge in [-0.1, -0.05) is 26.0 Å². The number of nitrogens with zero attached hydrogens (tertiary/aromatic N) is 2. The maximum absolute atomic E-state index is 14.6. The molecule has 4 aliphatic rings. The molecule has 16 heteroatoms. The van der Waals surface area contributed by atoms with Gasteiger partial charge >= 0.3 is 6.09 Å². The lowest BCUT2D eigenvalue weighted by atomic mass is 9.88. The Kier molecular flexibility index (Phi) is 9.67. The van der Waals surface area contributed by atoms with Crippen LogP contribution in [0.15, 0.2) is 36.5 Å². The zero-order valence-corrected chi connectivity index (χ0v) is 29.8. The summed E-state index contributed by atoms with van der Waals surface area (Å²) in [7, 11) is -2.62. The Balaban J connectivity index is 1.35. The summed E-state index contributed by atoms with van der Waals surface area (Å²) in [5.41, 5.74) is -1.58. The smallest absolute Gasteiger partial charge is 0.405 e. The molecule has 14 nitrogen and oxygen atoms in total. The minimum atomic E-state index is -4.02. The van der Waals surface area contributed by atoms with Crippen LogP contribution in [0.3, 0.4) is 0 Å². The summed E-state index contributed by atoms with van der Waals surface area (Å²) < 4.78 is 53.4. The third-order valence-electron chi connectivity index (χ3n) is 10.8. The first kappa shape index (κ1) is 36.3. The number of pyridine rings is 1. The Bertz CT molecular complexity index is 1890. The first-order chi connectivity index (χ1) is 24.1. The number of amides is 4. The normalized spacial score (nSPS) is 31.2. The fraction of sp³-hybridized carbons (Fsp3) is 0.571. The molecule has 0 radical (unpaired) electrons. The molecule has 51 heavy (non-hydrogen) atoms. The van der Waals surface area contributed by atoms with E-state index in [9.17, 15) is 37.1 Å². The number of benzene rings is 1. The molecule has 2 unspecified atom stereocenters. The molecule has 2 aliphatic heterocycles. The van der Waals surface area contributed by atoms with Gasteiger partial charge in [0.2, 0.25) is 27.7 Å². The molecular weight excluding hydrogens is 685 g/mol. The van der Waals surface area contributed by atoms with Crippen molar-refractivity contribution in [2.45, 2.75) is 94.2 Å². The summed E-state index contributed by atoms with van der Waals surface area (Å²) in [5, 5.41) is 15.7. The molecule has 3 heterocycles. The van der Waals surface area contributed by atoms with Crippen LogP contribution in [0.2, 0.25) is 0 Å². The van der Waals surface area contributed by atoms with E-state index >= 15 is 0 Å². The van der Waals surface area contributed by atoms with Crippen molar-refractivity contribution in [3.8, 4) is 11.6 Å². The first-order valence-corrected chi connectivity index (χ1v) is 18.7. The molecule has 0 bridgehead atoms. The van der Waals surface area contributed by atoms with Crippen molar-refractivity contribution in [1.29, 1.82) is 0 Å². The summed E-state index contributed by atoms with van der Waals surface area (Å²) >= 11 is 0. The van der Waals surface area contributed by atoms with Crippen LogP contribution in [0, 0.1) is 23.6 Å². The second kappa shape index (κ2) is 13.6. The predicted molar refractivity (Wildman–Crippen MR) is 183 cm³/mol. The van der Waals surface area contributed by atoms with Gasteiger partial charge in [-0.3, -0.25) is 19.1 Å². The Morgan fingerprint density at radius 2 is 1.90 bits per heavy atom. The number of carbonyl (C=O) groups excluding carboxylic acids is 3. The molecule has 276 valence electrons. The van der Waals surface area contributed by atoms with Gasteiger partial charge in [-0.2, -0.15) is 0 Å². The van der Waals surface area contributed by atoms with E-state index in [1.807, 2.05) is 19.1 Å². The van der Waals surface area contributed by atoms with Gasteiger partial charge in [0.05, 0.1) is 23.8 Å². The second-order valence-corrected chi connectivity index (χ2v) is 16.9. The van der Waals surface area contributed by atoms with E-state index < -0.39 is 80.0 Å². The van der Waals surface area contributed by atoms with Crippen LogP contribution < -0.4 is 24.8 Å². The van der Waals surface area contributed by atoms with Gasteiger partial charge in [0.25, 0.3) is 5.91 Å². The van der Waals surface area contributed by atoms with Crippen molar-refractivity contribution in [2.75, 3.05) is 13.7 Å². The van der Waals surface area contributed by atoms with Crippen molar-refractivity contribution in [1.82, 2.24) is 25.2 Å². The molecule has 0 spiro atoms. The van der Waals surface area contributed by atoms with Gasteiger partial charge < -0.3 is 30.1 Å². The first-order valence-electron chi connectivity index (χ1n) is 17.2. The van der Waals surface area contributed by atoms with Crippen LogP contribution in [0.25, 0.3) is 10.8 Å². The molecule has 1 saturated heterocycles. The van der Waals surface area contributed by atoms with Gasteiger partial charge in [-0.15, -0.1) is 0 Å². The number of hydrogen-bond donors (Lipinski definition) is 4. The number of methoxy groups -OCH3 is 1. The topological polar surface area (TPSA) is 193 Å². The number of allylic oxidation sites excluding steroid dienone is 1. The number of fused-ring (bicyclic) bond motifs is 3. The van der Waals surface area contributed by atoms with Crippen LogP contribution in [0.5, 0.6) is 11.6 Å². The van der Waals surface area contributed by atoms with Gasteiger partial charge in [-0.25, -0.2) is 22.6 Å². The monoisotopic (exact) mass is 729 g/mol. The Labute approximate surface area is 295 Å². The molecule has 7 atom stereocenters. The van der Waals surface area contributed by atoms with Crippen molar-refractivity contribution in [2.24, 2.45) is 17.8 Å². The molecule has 3 fully saturated rings. The number of carbonyl (C=O) groups is 4. The van der Waals surface area contributed by atoms with Gasteiger partial charge in [0.15, 0.2) is 0 Å². The fourth-order valence-corrected chi connectivity index (χ4v) is 8.65. The zero-order chi connectivity index (χ0) is 36.9. The largest absolute Gasteiger partial charge is 0.496 e. The standard InChI is InChI=1S/C35H44FN5O9S/c1-19-7-5-6-8-21-17-35(21,32(44)40-51(47,48)34(3)10-11-34)39-29(42)26-16-23(18-41(26)31(43)28(20(2)13-19)38-33(45)46)50-30-25-14-22(36)15-27(49-4)24(25)9-12-37-30/h6,8-9,12,14-15,19-21,23,26,28,38H,5,7,10-11,13,16-18H2,1-4H3,(H,39,42)(H,40,44)(H,45,46)/b8-6-/t19-,20-,21?,23-,26+,28+,35?/m1/s1. The molecule has 4 amide bonds. The Morgan fingerprint density at radius 1 is 1.16 bits per heavy atom. The maximum atomic E-state index is 14.6. The van der Waals surface area contributed by atoms with E-state index in [1.165, 1.54) is 30.3 Å². The number of rotatable bonds is 7. The van der Waals surface area contributed by atoms with Crippen molar-refractivity contribution < 1.29 is 46.6 Å².